The molecule has 0 radical (unpaired) electrons. The summed E-state index contributed by atoms with van der Waals surface area (Å²) >= 11 is 0. The lowest BCUT2D eigenvalue weighted by molar-refractivity contribution is 0.414. The van der Waals surface area contributed by atoms with Gasteiger partial charge in [0.15, 0.2) is 0 Å². The highest BCUT2D eigenvalue weighted by molar-refractivity contribution is 5.46. The summed E-state index contributed by atoms with van der Waals surface area (Å²) in [4.78, 5) is 0. The van der Waals surface area contributed by atoms with Crippen molar-refractivity contribution in [3.05, 3.63) is 59.9 Å². The van der Waals surface area contributed by atoms with Crippen LogP contribution in [0.3, 0.4) is 0 Å². The van der Waals surface area contributed by atoms with E-state index in [2.05, 4.69) is 17.4 Å². The lowest BCUT2D eigenvalue weighted by atomic mass is 10.0. The van der Waals surface area contributed by atoms with Crippen LogP contribution < -0.4 is 10.1 Å². The Morgan fingerprint density at radius 2 is 1.90 bits per heavy atom. The number of hydrogen-bond acceptors (Lipinski definition) is 2. The molecule has 1 unspecified atom stereocenters. The highest BCUT2D eigenvalue weighted by Gasteiger charge is 2.32. The van der Waals surface area contributed by atoms with E-state index in [-0.39, 0.29) is 11.9 Å². The normalized spacial score (nSPS) is 15.7. The number of halogens is 1. The van der Waals surface area contributed by atoms with Gasteiger partial charge in [-0.3, -0.25) is 0 Å². The summed E-state index contributed by atoms with van der Waals surface area (Å²) < 4.78 is 18.5. The van der Waals surface area contributed by atoms with E-state index >= 15 is 0 Å². The number of methoxy groups -OCH3 is 1. The summed E-state index contributed by atoms with van der Waals surface area (Å²) in [7, 11) is 1.67. The molecule has 3 rings (SSSR count). The molecular formula is C17H18FNO. The summed E-state index contributed by atoms with van der Waals surface area (Å²) in [6, 6.07) is 15.0. The Balaban J connectivity index is 1.81. The summed E-state index contributed by atoms with van der Waals surface area (Å²) in [5, 5.41) is 3.45. The maximum Gasteiger partial charge on any atom is 0.125 e. The van der Waals surface area contributed by atoms with Crippen molar-refractivity contribution >= 4 is 5.69 Å². The molecule has 0 saturated heterocycles. The first-order valence-electron chi connectivity index (χ1n) is 6.92. The van der Waals surface area contributed by atoms with Gasteiger partial charge < -0.3 is 10.1 Å². The van der Waals surface area contributed by atoms with Crippen LogP contribution in [-0.2, 0) is 0 Å². The molecule has 1 atom stereocenters. The van der Waals surface area contributed by atoms with E-state index in [0.717, 1.165) is 11.4 Å². The van der Waals surface area contributed by atoms with Gasteiger partial charge >= 0.3 is 0 Å². The molecule has 3 heteroatoms. The average molecular weight is 271 g/mol. The van der Waals surface area contributed by atoms with E-state index in [1.54, 1.807) is 19.2 Å². The molecule has 2 aromatic rings. The van der Waals surface area contributed by atoms with Gasteiger partial charge in [-0.05, 0) is 54.7 Å². The third kappa shape index (κ3) is 2.93. The minimum absolute atomic E-state index is 0.209. The van der Waals surface area contributed by atoms with Crippen molar-refractivity contribution in [2.75, 3.05) is 12.4 Å². The standard InChI is InChI=1S/C17H18FNO/c1-20-16-9-7-13(8-10-16)17(12-5-6-12)19-15-4-2-3-14(18)11-15/h2-4,7-12,17,19H,5-6H2,1H3. The third-order valence-electron chi connectivity index (χ3n) is 3.72. The van der Waals surface area contributed by atoms with Gasteiger partial charge in [0.2, 0.25) is 0 Å². The van der Waals surface area contributed by atoms with E-state index < -0.39 is 0 Å². The monoisotopic (exact) mass is 271 g/mol. The Hall–Kier alpha value is -2.03. The van der Waals surface area contributed by atoms with Gasteiger partial charge in [-0.15, -0.1) is 0 Å². The second-order valence-electron chi connectivity index (χ2n) is 5.24. The molecule has 1 saturated carbocycles. The molecule has 1 N–H and O–H groups in total. The Bertz CT molecular complexity index is 578. The van der Waals surface area contributed by atoms with Gasteiger partial charge in [-0.2, -0.15) is 0 Å². The fourth-order valence-electron chi connectivity index (χ4n) is 2.47. The maximum absolute atomic E-state index is 13.3. The first-order valence-corrected chi connectivity index (χ1v) is 6.92. The average Bonchev–Trinajstić information content (AvgIpc) is 3.30. The van der Waals surface area contributed by atoms with Gasteiger partial charge in [-0.25, -0.2) is 4.39 Å². The zero-order valence-corrected chi connectivity index (χ0v) is 11.5. The SMILES string of the molecule is COc1ccc(C(Nc2cccc(F)c2)C2CC2)cc1. The van der Waals surface area contributed by atoms with Crippen LogP contribution in [0, 0.1) is 11.7 Å². The quantitative estimate of drug-likeness (QED) is 0.870. The van der Waals surface area contributed by atoms with Crippen LogP contribution in [0.15, 0.2) is 48.5 Å². The van der Waals surface area contributed by atoms with Gasteiger partial charge in [-0.1, -0.05) is 18.2 Å². The van der Waals surface area contributed by atoms with Gasteiger partial charge in [0.1, 0.15) is 11.6 Å². The zero-order valence-electron chi connectivity index (χ0n) is 11.5. The summed E-state index contributed by atoms with van der Waals surface area (Å²) in [5.41, 5.74) is 2.05. The molecule has 2 aromatic carbocycles. The largest absolute Gasteiger partial charge is 0.497 e. The molecule has 0 aliphatic heterocycles. The fraction of sp³-hybridized carbons (Fsp3) is 0.294. The lowest BCUT2D eigenvalue weighted by Gasteiger charge is -2.20. The van der Waals surface area contributed by atoms with Crippen LogP contribution in [0.5, 0.6) is 5.75 Å². The van der Waals surface area contributed by atoms with Crippen LogP contribution in [0.2, 0.25) is 0 Å². The van der Waals surface area contributed by atoms with Crippen molar-refractivity contribution in [2.24, 2.45) is 5.92 Å². The maximum atomic E-state index is 13.3. The molecule has 0 heterocycles. The number of hydrogen-bond donors (Lipinski definition) is 1. The summed E-state index contributed by atoms with van der Waals surface area (Å²) in [6.07, 6.45) is 2.44. The highest BCUT2D eigenvalue weighted by atomic mass is 19.1. The van der Waals surface area contributed by atoms with Crippen LogP contribution >= 0.6 is 0 Å². The number of benzene rings is 2. The molecule has 0 spiro atoms. The Morgan fingerprint density at radius 3 is 2.50 bits per heavy atom. The number of rotatable bonds is 5. The number of anilines is 1. The van der Waals surface area contributed by atoms with Gasteiger partial charge in [0, 0.05) is 5.69 Å². The highest BCUT2D eigenvalue weighted by Crippen LogP contribution is 2.43. The summed E-state index contributed by atoms with van der Waals surface area (Å²) in [6.45, 7) is 0. The molecule has 0 amide bonds. The second kappa shape index (κ2) is 5.53. The molecular weight excluding hydrogens is 253 g/mol. The van der Waals surface area contributed by atoms with Gasteiger partial charge in [0.05, 0.1) is 13.2 Å². The predicted molar refractivity (Wildman–Crippen MR) is 78.5 cm³/mol. The topological polar surface area (TPSA) is 21.3 Å². The molecule has 1 aliphatic carbocycles. The first-order chi connectivity index (χ1) is 9.76. The number of ether oxygens (including phenoxy) is 1. The van der Waals surface area contributed by atoms with Crippen molar-refractivity contribution in [1.29, 1.82) is 0 Å². The van der Waals surface area contributed by atoms with Crippen molar-refractivity contribution in [2.45, 2.75) is 18.9 Å². The van der Waals surface area contributed by atoms with Crippen LogP contribution in [0.25, 0.3) is 0 Å². The summed E-state index contributed by atoms with van der Waals surface area (Å²) in [5.74, 6) is 1.28. The Labute approximate surface area is 118 Å². The van der Waals surface area contributed by atoms with Crippen molar-refractivity contribution in [1.82, 2.24) is 0 Å². The van der Waals surface area contributed by atoms with Crippen LogP contribution in [0.4, 0.5) is 10.1 Å². The van der Waals surface area contributed by atoms with Crippen molar-refractivity contribution < 1.29 is 9.13 Å². The van der Waals surface area contributed by atoms with E-state index in [0.29, 0.717) is 5.92 Å². The molecule has 2 nitrogen and oxygen atoms in total. The molecule has 0 bridgehead atoms. The van der Waals surface area contributed by atoms with E-state index in [1.165, 1.54) is 24.5 Å². The second-order valence-corrected chi connectivity index (χ2v) is 5.24. The fourth-order valence-corrected chi connectivity index (χ4v) is 2.47. The Morgan fingerprint density at radius 1 is 1.15 bits per heavy atom. The molecule has 1 fully saturated rings. The van der Waals surface area contributed by atoms with E-state index in [1.807, 2.05) is 18.2 Å². The smallest absolute Gasteiger partial charge is 0.125 e. The first kappa shape index (κ1) is 13.0. The van der Waals surface area contributed by atoms with Crippen molar-refractivity contribution in [3.8, 4) is 5.75 Å². The molecule has 1 aliphatic rings. The minimum atomic E-state index is -0.209. The van der Waals surface area contributed by atoms with Gasteiger partial charge in [0.25, 0.3) is 0 Å². The van der Waals surface area contributed by atoms with Crippen LogP contribution in [-0.4, -0.2) is 7.11 Å². The molecule has 104 valence electrons. The van der Waals surface area contributed by atoms with Crippen LogP contribution in [0.1, 0.15) is 24.4 Å². The Kier molecular flexibility index (Phi) is 3.59. The molecule has 20 heavy (non-hydrogen) atoms. The van der Waals surface area contributed by atoms with E-state index in [9.17, 15) is 4.39 Å². The lowest BCUT2D eigenvalue weighted by Crippen LogP contribution is -2.13. The number of nitrogens with one attached hydrogen (secondary N) is 1. The predicted octanol–water partition coefficient (Wildman–Crippen LogP) is 4.40. The third-order valence-corrected chi connectivity index (χ3v) is 3.72. The van der Waals surface area contributed by atoms with E-state index in [4.69, 9.17) is 4.74 Å². The zero-order chi connectivity index (χ0) is 13.9. The van der Waals surface area contributed by atoms with Crippen molar-refractivity contribution in [3.63, 3.8) is 0 Å². The minimum Gasteiger partial charge on any atom is -0.497 e. The molecule has 0 aromatic heterocycles.